The van der Waals surface area contributed by atoms with Crippen molar-refractivity contribution in [2.24, 2.45) is 5.73 Å². The molecule has 6 heteroatoms. The molecule has 1 saturated carbocycles. The predicted molar refractivity (Wildman–Crippen MR) is 51.7 cm³/mol. The van der Waals surface area contributed by atoms with E-state index < -0.39 is 5.54 Å². The normalized spacial score (nSPS) is 18.3. The van der Waals surface area contributed by atoms with Crippen molar-refractivity contribution >= 4 is 5.91 Å². The van der Waals surface area contributed by atoms with E-state index in [0.717, 1.165) is 19.3 Å². The van der Waals surface area contributed by atoms with Crippen molar-refractivity contribution < 1.29 is 9.32 Å². The molecule has 0 atom stereocenters. The summed E-state index contributed by atoms with van der Waals surface area (Å²) in [6, 6.07) is 0. The van der Waals surface area contributed by atoms with Gasteiger partial charge in [-0.3, -0.25) is 4.79 Å². The first-order valence-corrected chi connectivity index (χ1v) is 4.96. The molecule has 0 bridgehead atoms. The molecule has 1 heterocycles. The Morgan fingerprint density at radius 2 is 2.40 bits per heavy atom. The van der Waals surface area contributed by atoms with Crippen molar-refractivity contribution in [3.63, 3.8) is 0 Å². The Balaban J connectivity index is 1.85. The number of nitrogens with one attached hydrogen (secondary N) is 1. The second-order valence-corrected chi connectivity index (χ2v) is 3.93. The van der Waals surface area contributed by atoms with Crippen molar-refractivity contribution in [3.05, 3.63) is 11.7 Å². The second kappa shape index (κ2) is 3.62. The van der Waals surface area contributed by atoms with Crippen LogP contribution in [0.1, 0.15) is 31.0 Å². The molecule has 0 saturated heterocycles. The van der Waals surface area contributed by atoms with Crippen LogP contribution in [0.15, 0.2) is 4.52 Å². The molecule has 1 aromatic rings. The fourth-order valence-corrected chi connectivity index (χ4v) is 1.53. The monoisotopic (exact) mass is 210 g/mol. The van der Waals surface area contributed by atoms with Gasteiger partial charge in [0, 0.05) is 0 Å². The summed E-state index contributed by atoms with van der Waals surface area (Å²) >= 11 is 0. The molecule has 15 heavy (non-hydrogen) atoms. The van der Waals surface area contributed by atoms with Gasteiger partial charge in [-0.2, -0.15) is 4.98 Å². The molecular formula is C9H14N4O2. The maximum atomic E-state index is 11.6. The van der Waals surface area contributed by atoms with Gasteiger partial charge in [0.25, 0.3) is 0 Å². The number of rotatable bonds is 3. The highest BCUT2D eigenvalue weighted by atomic mass is 16.5. The first-order valence-electron chi connectivity index (χ1n) is 4.96. The van der Waals surface area contributed by atoms with E-state index in [9.17, 15) is 4.79 Å². The van der Waals surface area contributed by atoms with Gasteiger partial charge in [0.2, 0.25) is 11.8 Å². The van der Waals surface area contributed by atoms with E-state index in [-0.39, 0.29) is 12.5 Å². The van der Waals surface area contributed by atoms with E-state index in [1.807, 2.05) is 0 Å². The number of aromatic nitrogens is 2. The lowest BCUT2D eigenvalue weighted by Gasteiger charge is -2.35. The van der Waals surface area contributed by atoms with Crippen LogP contribution in [0.3, 0.4) is 0 Å². The maximum absolute atomic E-state index is 11.6. The molecule has 1 fully saturated rings. The summed E-state index contributed by atoms with van der Waals surface area (Å²) in [4.78, 5) is 15.6. The van der Waals surface area contributed by atoms with Gasteiger partial charge in [-0.05, 0) is 26.2 Å². The molecule has 1 amide bonds. The average molecular weight is 210 g/mol. The number of nitrogens with two attached hydrogens (primary N) is 1. The zero-order valence-corrected chi connectivity index (χ0v) is 8.62. The molecule has 0 radical (unpaired) electrons. The largest absolute Gasteiger partial charge is 0.345 e. The zero-order valence-electron chi connectivity index (χ0n) is 8.62. The SMILES string of the molecule is Cc1noc(CNC(=O)C2(N)CCC2)n1. The summed E-state index contributed by atoms with van der Waals surface area (Å²) in [5.41, 5.74) is 5.17. The van der Waals surface area contributed by atoms with Gasteiger partial charge in [0.15, 0.2) is 5.82 Å². The van der Waals surface area contributed by atoms with Crippen LogP contribution in [-0.2, 0) is 11.3 Å². The van der Waals surface area contributed by atoms with Crippen LogP contribution in [0.25, 0.3) is 0 Å². The molecule has 1 aliphatic carbocycles. The van der Waals surface area contributed by atoms with E-state index in [1.165, 1.54) is 0 Å². The van der Waals surface area contributed by atoms with Gasteiger partial charge >= 0.3 is 0 Å². The van der Waals surface area contributed by atoms with Crippen molar-refractivity contribution in [2.75, 3.05) is 0 Å². The van der Waals surface area contributed by atoms with Crippen LogP contribution in [0.5, 0.6) is 0 Å². The summed E-state index contributed by atoms with van der Waals surface area (Å²) < 4.78 is 4.86. The predicted octanol–water partition coefficient (Wildman–Crippen LogP) is -0.124. The molecule has 0 aliphatic heterocycles. The van der Waals surface area contributed by atoms with Gasteiger partial charge in [-0.15, -0.1) is 0 Å². The minimum absolute atomic E-state index is 0.135. The van der Waals surface area contributed by atoms with Gasteiger partial charge in [0.1, 0.15) is 0 Å². The van der Waals surface area contributed by atoms with Crippen LogP contribution in [0.2, 0.25) is 0 Å². The number of amides is 1. The fourth-order valence-electron chi connectivity index (χ4n) is 1.53. The third-order valence-corrected chi connectivity index (χ3v) is 2.67. The van der Waals surface area contributed by atoms with Gasteiger partial charge in [0.05, 0.1) is 12.1 Å². The lowest BCUT2D eigenvalue weighted by atomic mass is 9.77. The Morgan fingerprint density at radius 3 is 2.87 bits per heavy atom. The lowest BCUT2D eigenvalue weighted by Crippen LogP contribution is -2.58. The van der Waals surface area contributed by atoms with Gasteiger partial charge in [-0.1, -0.05) is 5.16 Å². The first kappa shape index (κ1) is 10.1. The van der Waals surface area contributed by atoms with Crippen molar-refractivity contribution in [1.29, 1.82) is 0 Å². The molecule has 2 rings (SSSR count). The number of aryl methyl sites for hydroxylation is 1. The summed E-state index contributed by atoms with van der Waals surface area (Å²) in [5, 5.41) is 6.32. The van der Waals surface area contributed by atoms with Crippen molar-refractivity contribution in [3.8, 4) is 0 Å². The van der Waals surface area contributed by atoms with Crippen LogP contribution in [0, 0.1) is 6.92 Å². The molecule has 82 valence electrons. The Morgan fingerprint density at radius 1 is 1.67 bits per heavy atom. The lowest BCUT2D eigenvalue weighted by molar-refractivity contribution is -0.129. The topological polar surface area (TPSA) is 94.0 Å². The summed E-state index contributed by atoms with van der Waals surface area (Å²) in [6.07, 6.45) is 2.52. The maximum Gasteiger partial charge on any atom is 0.246 e. The Hall–Kier alpha value is -1.43. The highest BCUT2D eigenvalue weighted by Crippen LogP contribution is 2.28. The second-order valence-electron chi connectivity index (χ2n) is 3.93. The number of carbonyl (C=O) groups excluding carboxylic acids is 1. The third-order valence-electron chi connectivity index (χ3n) is 2.67. The minimum atomic E-state index is -0.672. The standard InChI is InChI=1S/C9H14N4O2/c1-6-12-7(15-13-6)5-11-8(14)9(10)3-2-4-9/h2-5,10H2,1H3,(H,11,14). The van der Waals surface area contributed by atoms with E-state index in [1.54, 1.807) is 6.92 Å². The third kappa shape index (κ3) is 1.99. The highest BCUT2D eigenvalue weighted by molar-refractivity contribution is 5.86. The molecule has 0 aromatic carbocycles. The molecule has 0 spiro atoms. The average Bonchev–Trinajstić information content (AvgIpc) is 2.57. The van der Waals surface area contributed by atoms with E-state index in [0.29, 0.717) is 11.7 Å². The van der Waals surface area contributed by atoms with Crippen LogP contribution >= 0.6 is 0 Å². The fraction of sp³-hybridized carbons (Fsp3) is 0.667. The highest BCUT2D eigenvalue weighted by Gasteiger charge is 2.39. The molecule has 0 unspecified atom stereocenters. The number of carbonyl (C=O) groups is 1. The molecule has 1 aromatic heterocycles. The molecule has 6 nitrogen and oxygen atoms in total. The zero-order chi connectivity index (χ0) is 10.9. The van der Waals surface area contributed by atoms with Gasteiger partial charge < -0.3 is 15.6 Å². The first-order chi connectivity index (χ1) is 7.10. The van der Waals surface area contributed by atoms with Crippen LogP contribution < -0.4 is 11.1 Å². The smallest absolute Gasteiger partial charge is 0.246 e. The Bertz CT molecular complexity index is 370. The van der Waals surface area contributed by atoms with Crippen LogP contribution in [0.4, 0.5) is 0 Å². The van der Waals surface area contributed by atoms with E-state index >= 15 is 0 Å². The van der Waals surface area contributed by atoms with E-state index in [4.69, 9.17) is 10.3 Å². The number of hydrogen-bond donors (Lipinski definition) is 2. The molecule has 1 aliphatic rings. The van der Waals surface area contributed by atoms with Gasteiger partial charge in [-0.25, -0.2) is 0 Å². The summed E-state index contributed by atoms with van der Waals surface area (Å²) in [6.45, 7) is 1.98. The van der Waals surface area contributed by atoms with Crippen molar-refractivity contribution in [1.82, 2.24) is 15.5 Å². The Kier molecular flexibility index (Phi) is 2.44. The quantitative estimate of drug-likeness (QED) is 0.725. The summed E-state index contributed by atoms with van der Waals surface area (Å²) in [7, 11) is 0. The van der Waals surface area contributed by atoms with Crippen LogP contribution in [-0.4, -0.2) is 21.6 Å². The van der Waals surface area contributed by atoms with Crippen molar-refractivity contribution in [2.45, 2.75) is 38.3 Å². The minimum Gasteiger partial charge on any atom is -0.345 e. The molecular weight excluding hydrogens is 196 g/mol. The molecule has 3 N–H and O–H groups in total. The number of hydrogen-bond acceptors (Lipinski definition) is 5. The van der Waals surface area contributed by atoms with E-state index in [2.05, 4.69) is 15.5 Å². The Labute approximate surface area is 87.2 Å². The summed E-state index contributed by atoms with van der Waals surface area (Å²) in [5.74, 6) is 0.832. The number of nitrogens with zero attached hydrogens (tertiary/aromatic N) is 2.